The molecule has 0 bridgehead atoms. The van der Waals surface area contributed by atoms with Gasteiger partial charge in [0.1, 0.15) is 12.2 Å². The zero-order valence-corrected chi connectivity index (χ0v) is 12.5. The van der Waals surface area contributed by atoms with Gasteiger partial charge in [-0.25, -0.2) is 9.67 Å². The number of rotatable bonds is 4. The molecule has 2 rings (SSSR count). The standard InChI is InChI=1S/C14H26N4O/c1-11(2)17-7-5-14(19,6-8-17)9-13-15-10-16-18(13)12(3)4/h10-12,19H,5-9H2,1-4H3. The lowest BCUT2D eigenvalue weighted by Gasteiger charge is -2.39. The quantitative estimate of drug-likeness (QED) is 0.900. The minimum Gasteiger partial charge on any atom is -0.389 e. The number of nitrogens with zero attached hydrogens (tertiary/aromatic N) is 4. The molecule has 0 saturated carbocycles. The SMILES string of the molecule is CC(C)N1CCC(O)(Cc2ncnn2C(C)C)CC1. The van der Waals surface area contributed by atoms with Crippen LogP contribution in [0.5, 0.6) is 0 Å². The molecule has 2 heterocycles. The van der Waals surface area contributed by atoms with E-state index in [0.717, 1.165) is 31.8 Å². The first-order chi connectivity index (χ1) is 8.91. The average Bonchev–Trinajstić information content (AvgIpc) is 2.77. The Morgan fingerprint density at radius 1 is 1.21 bits per heavy atom. The summed E-state index contributed by atoms with van der Waals surface area (Å²) in [5.41, 5.74) is -0.620. The molecule has 0 atom stereocenters. The second-order valence-corrected chi connectivity index (χ2v) is 6.25. The number of aliphatic hydroxyl groups is 1. The second kappa shape index (κ2) is 5.59. The van der Waals surface area contributed by atoms with Gasteiger partial charge in [-0.2, -0.15) is 5.10 Å². The summed E-state index contributed by atoms with van der Waals surface area (Å²) in [5, 5.41) is 15.0. The van der Waals surface area contributed by atoms with Crippen LogP contribution >= 0.6 is 0 Å². The minimum atomic E-state index is -0.620. The molecule has 5 heteroatoms. The van der Waals surface area contributed by atoms with E-state index in [2.05, 4.69) is 42.7 Å². The molecule has 1 aliphatic heterocycles. The van der Waals surface area contributed by atoms with Crippen molar-refractivity contribution in [1.82, 2.24) is 19.7 Å². The number of aromatic nitrogens is 3. The predicted molar refractivity (Wildman–Crippen MR) is 75.0 cm³/mol. The maximum atomic E-state index is 10.7. The molecule has 1 fully saturated rings. The summed E-state index contributed by atoms with van der Waals surface area (Å²) < 4.78 is 1.91. The van der Waals surface area contributed by atoms with Crippen LogP contribution in [0.3, 0.4) is 0 Å². The smallest absolute Gasteiger partial charge is 0.138 e. The summed E-state index contributed by atoms with van der Waals surface area (Å²) in [5.74, 6) is 0.899. The van der Waals surface area contributed by atoms with Crippen molar-refractivity contribution in [3.63, 3.8) is 0 Å². The van der Waals surface area contributed by atoms with Gasteiger partial charge >= 0.3 is 0 Å². The van der Waals surface area contributed by atoms with Crippen LogP contribution < -0.4 is 0 Å². The average molecular weight is 266 g/mol. The third-order valence-corrected chi connectivity index (χ3v) is 4.08. The van der Waals surface area contributed by atoms with Crippen molar-refractivity contribution < 1.29 is 5.11 Å². The van der Waals surface area contributed by atoms with E-state index >= 15 is 0 Å². The number of likely N-dealkylation sites (tertiary alicyclic amines) is 1. The minimum absolute atomic E-state index is 0.289. The van der Waals surface area contributed by atoms with E-state index in [1.165, 1.54) is 0 Å². The number of piperidine rings is 1. The first-order valence-corrected chi connectivity index (χ1v) is 7.26. The highest BCUT2D eigenvalue weighted by Gasteiger charge is 2.34. The van der Waals surface area contributed by atoms with Crippen LogP contribution in [0.15, 0.2) is 6.33 Å². The van der Waals surface area contributed by atoms with Crippen molar-refractivity contribution in [3.05, 3.63) is 12.2 Å². The Hall–Kier alpha value is -0.940. The molecule has 1 aromatic heterocycles. The highest BCUT2D eigenvalue weighted by Crippen LogP contribution is 2.27. The molecular weight excluding hydrogens is 240 g/mol. The van der Waals surface area contributed by atoms with Crippen LogP contribution in [0.4, 0.5) is 0 Å². The van der Waals surface area contributed by atoms with Crippen LogP contribution in [0.25, 0.3) is 0 Å². The molecule has 0 radical (unpaired) electrons. The molecule has 108 valence electrons. The Balaban J connectivity index is 2.01. The van der Waals surface area contributed by atoms with E-state index in [0.29, 0.717) is 12.5 Å². The van der Waals surface area contributed by atoms with Crippen molar-refractivity contribution in [3.8, 4) is 0 Å². The maximum Gasteiger partial charge on any atom is 0.138 e. The van der Waals surface area contributed by atoms with Gasteiger partial charge < -0.3 is 10.0 Å². The summed E-state index contributed by atoms with van der Waals surface area (Å²) in [6, 6.07) is 0.848. The van der Waals surface area contributed by atoms with Crippen LogP contribution in [0, 0.1) is 0 Å². The highest BCUT2D eigenvalue weighted by molar-refractivity contribution is 4.98. The largest absolute Gasteiger partial charge is 0.389 e. The lowest BCUT2D eigenvalue weighted by molar-refractivity contribution is -0.0292. The molecule has 0 aliphatic carbocycles. The zero-order chi connectivity index (χ0) is 14.0. The van der Waals surface area contributed by atoms with Crippen LogP contribution in [-0.4, -0.2) is 49.5 Å². The Morgan fingerprint density at radius 3 is 2.37 bits per heavy atom. The van der Waals surface area contributed by atoms with Crippen molar-refractivity contribution in [2.75, 3.05) is 13.1 Å². The molecule has 0 spiro atoms. The fourth-order valence-electron chi connectivity index (χ4n) is 2.76. The Bertz CT molecular complexity index is 405. The van der Waals surface area contributed by atoms with Gasteiger partial charge in [-0.05, 0) is 40.5 Å². The van der Waals surface area contributed by atoms with Gasteiger partial charge in [0, 0.05) is 31.6 Å². The first kappa shape index (κ1) is 14.5. The van der Waals surface area contributed by atoms with Gasteiger partial charge in [0.05, 0.1) is 5.60 Å². The lowest BCUT2D eigenvalue weighted by atomic mass is 9.87. The fraction of sp³-hybridized carbons (Fsp3) is 0.857. The monoisotopic (exact) mass is 266 g/mol. The molecule has 0 aromatic carbocycles. The molecule has 1 aliphatic rings. The molecule has 1 N–H and O–H groups in total. The van der Waals surface area contributed by atoms with Gasteiger partial charge in [-0.1, -0.05) is 0 Å². The molecule has 1 aromatic rings. The van der Waals surface area contributed by atoms with Gasteiger partial charge in [-0.3, -0.25) is 0 Å². The van der Waals surface area contributed by atoms with E-state index in [-0.39, 0.29) is 6.04 Å². The molecule has 5 nitrogen and oxygen atoms in total. The van der Waals surface area contributed by atoms with Crippen molar-refractivity contribution >= 4 is 0 Å². The Labute approximate surface area is 115 Å². The van der Waals surface area contributed by atoms with Crippen LogP contribution in [0.2, 0.25) is 0 Å². The normalized spacial score (nSPS) is 20.4. The van der Waals surface area contributed by atoms with E-state index in [9.17, 15) is 5.11 Å². The predicted octanol–water partition coefficient (Wildman–Crippen LogP) is 1.64. The van der Waals surface area contributed by atoms with Crippen molar-refractivity contribution in [2.45, 2.75) is 64.6 Å². The summed E-state index contributed by atoms with van der Waals surface area (Å²) in [6.45, 7) is 10.5. The Morgan fingerprint density at radius 2 is 1.84 bits per heavy atom. The summed E-state index contributed by atoms with van der Waals surface area (Å²) in [7, 11) is 0. The van der Waals surface area contributed by atoms with Gasteiger partial charge in [0.2, 0.25) is 0 Å². The van der Waals surface area contributed by atoms with Crippen molar-refractivity contribution in [2.24, 2.45) is 0 Å². The number of hydrogen-bond donors (Lipinski definition) is 1. The zero-order valence-electron chi connectivity index (χ0n) is 12.5. The summed E-state index contributed by atoms with van der Waals surface area (Å²) in [4.78, 5) is 6.73. The summed E-state index contributed by atoms with van der Waals surface area (Å²) >= 11 is 0. The van der Waals surface area contributed by atoms with Crippen LogP contribution in [-0.2, 0) is 6.42 Å². The van der Waals surface area contributed by atoms with Gasteiger partial charge in [-0.15, -0.1) is 0 Å². The van der Waals surface area contributed by atoms with E-state index in [1.54, 1.807) is 6.33 Å². The molecule has 1 saturated heterocycles. The molecule has 0 unspecified atom stereocenters. The summed E-state index contributed by atoms with van der Waals surface area (Å²) in [6.07, 6.45) is 3.82. The molecule has 0 amide bonds. The fourth-order valence-corrected chi connectivity index (χ4v) is 2.76. The first-order valence-electron chi connectivity index (χ1n) is 7.26. The van der Waals surface area contributed by atoms with Gasteiger partial charge in [0.25, 0.3) is 0 Å². The highest BCUT2D eigenvalue weighted by atomic mass is 16.3. The Kier molecular flexibility index (Phi) is 4.26. The second-order valence-electron chi connectivity index (χ2n) is 6.25. The lowest BCUT2D eigenvalue weighted by Crippen LogP contribution is -2.48. The van der Waals surface area contributed by atoms with Crippen molar-refractivity contribution in [1.29, 1.82) is 0 Å². The van der Waals surface area contributed by atoms with E-state index in [4.69, 9.17) is 0 Å². The topological polar surface area (TPSA) is 54.2 Å². The number of hydrogen-bond acceptors (Lipinski definition) is 4. The van der Waals surface area contributed by atoms with Crippen LogP contribution in [0.1, 0.15) is 52.4 Å². The van der Waals surface area contributed by atoms with E-state index < -0.39 is 5.60 Å². The molecular formula is C14H26N4O. The third kappa shape index (κ3) is 3.34. The maximum absolute atomic E-state index is 10.7. The van der Waals surface area contributed by atoms with E-state index in [1.807, 2.05) is 4.68 Å². The molecule has 19 heavy (non-hydrogen) atoms. The third-order valence-electron chi connectivity index (χ3n) is 4.08. The van der Waals surface area contributed by atoms with Gasteiger partial charge in [0.15, 0.2) is 0 Å².